The summed E-state index contributed by atoms with van der Waals surface area (Å²) in [6.07, 6.45) is 0. The highest BCUT2D eigenvalue weighted by atomic mass is 32.2. The van der Waals surface area contributed by atoms with Gasteiger partial charge in [0.2, 0.25) is 11.1 Å². The van der Waals surface area contributed by atoms with Crippen LogP contribution in [0.1, 0.15) is 6.92 Å². The Labute approximate surface area is 164 Å². The Balaban J connectivity index is 1.65. The Bertz CT molecular complexity index is 1040. The van der Waals surface area contributed by atoms with E-state index in [9.17, 15) is 9.59 Å². The maximum Gasteiger partial charge on any atom is 0.268 e. The number of para-hydroxylation sites is 2. The van der Waals surface area contributed by atoms with E-state index in [2.05, 4.69) is 25.9 Å². The number of carbonyl (C=O) groups excluding carboxylic acids is 2. The molecule has 2 aromatic carbocycles. The number of hydrogen-bond acceptors (Lipinski definition) is 7. The van der Waals surface area contributed by atoms with Crippen LogP contribution >= 0.6 is 11.8 Å². The predicted octanol–water partition coefficient (Wildman–Crippen LogP) is 1.62. The van der Waals surface area contributed by atoms with Crippen molar-refractivity contribution < 1.29 is 9.59 Å². The van der Waals surface area contributed by atoms with Crippen LogP contribution in [0.4, 0.5) is 5.69 Å². The zero-order chi connectivity index (χ0) is 19.5. The summed E-state index contributed by atoms with van der Waals surface area (Å²) >= 11 is 1.13. The minimum Gasteiger partial charge on any atom is -0.312 e. The normalized spacial score (nSPS) is 16.2. The van der Waals surface area contributed by atoms with Gasteiger partial charge < -0.3 is 5.32 Å². The van der Waals surface area contributed by atoms with Gasteiger partial charge in [-0.05, 0) is 34.7 Å². The molecule has 0 aliphatic carbocycles. The highest BCUT2D eigenvalue weighted by Crippen LogP contribution is 2.30. The number of thioether (sulfide) groups is 1. The maximum atomic E-state index is 13.0. The number of benzene rings is 2. The molecule has 1 aliphatic heterocycles. The summed E-state index contributed by atoms with van der Waals surface area (Å²) in [6, 6.07) is 18.4. The van der Waals surface area contributed by atoms with Crippen molar-refractivity contribution in [3.05, 3.63) is 60.7 Å². The van der Waals surface area contributed by atoms with Crippen LogP contribution in [0.25, 0.3) is 5.69 Å². The van der Waals surface area contributed by atoms with Gasteiger partial charge in [-0.3, -0.25) is 9.59 Å². The number of amides is 2. The monoisotopic (exact) mass is 393 g/mol. The molecule has 1 atom stereocenters. The van der Waals surface area contributed by atoms with Gasteiger partial charge in [0, 0.05) is 6.92 Å². The zero-order valence-electron chi connectivity index (χ0n) is 14.8. The van der Waals surface area contributed by atoms with E-state index in [0.717, 1.165) is 17.4 Å². The van der Waals surface area contributed by atoms with E-state index in [4.69, 9.17) is 0 Å². The summed E-state index contributed by atoms with van der Waals surface area (Å²) in [4.78, 5) is 24.6. The number of tetrazole rings is 1. The molecule has 0 unspecified atom stereocenters. The maximum absolute atomic E-state index is 13.0. The number of nitrogens with one attached hydrogen (secondary N) is 1. The third-order valence-corrected chi connectivity index (χ3v) is 4.98. The number of anilines is 1. The van der Waals surface area contributed by atoms with Gasteiger partial charge in [-0.25, -0.2) is 0 Å². The summed E-state index contributed by atoms with van der Waals surface area (Å²) in [5.41, 5.74) is 1.37. The summed E-state index contributed by atoms with van der Waals surface area (Å²) < 4.78 is 1.54. The number of amidine groups is 1. The molecular weight excluding hydrogens is 378 g/mol. The number of hydrogen-bond donors (Lipinski definition) is 1. The summed E-state index contributed by atoms with van der Waals surface area (Å²) in [5, 5.41) is 19.6. The fourth-order valence-corrected chi connectivity index (χ4v) is 3.61. The van der Waals surface area contributed by atoms with Crippen LogP contribution in [0.2, 0.25) is 0 Å². The van der Waals surface area contributed by atoms with Gasteiger partial charge in [-0.1, -0.05) is 48.2 Å². The van der Waals surface area contributed by atoms with E-state index >= 15 is 0 Å². The first kappa shape index (κ1) is 17.9. The number of nitrogens with zero attached hydrogens (tertiary/aromatic N) is 6. The van der Waals surface area contributed by atoms with Crippen LogP contribution in [0.3, 0.4) is 0 Å². The van der Waals surface area contributed by atoms with Crippen molar-refractivity contribution in [2.75, 3.05) is 5.01 Å². The summed E-state index contributed by atoms with van der Waals surface area (Å²) in [7, 11) is 0. The lowest BCUT2D eigenvalue weighted by molar-refractivity contribution is -0.117. The Kier molecular flexibility index (Phi) is 4.85. The lowest BCUT2D eigenvalue weighted by Gasteiger charge is -2.13. The summed E-state index contributed by atoms with van der Waals surface area (Å²) in [6.45, 7) is 1.37. The molecule has 0 radical (unpaired) electrons. The molecule has 2 heterocycles. The van der Waals surface area contributed by atoms with Gasteiger partial charge in [0.15, 0.2) is 11.1 Å². The number of hydrazone groups is 1. The SMILES string of the molecule is CC(=O)NC1=NN(c2ccccc2)C(=O)[C@H]1Sc1nnnn1-c1ccccc1. The molecular formula is C18H15N7O2S. The first-order chi connectivity index (χ1) is 13.6. The van der Waals surface area contributed by atoms with Crippen molar-refractivity contribution in [2.45, 2.75) is 17.3 Å². The Morgan fingerprint density at radius 2 is 1.68 bits per heavy atom. The third-order valence-electron chi connectivity index (χ3n) is 3.86. The van der Waals surface area contributed by atoms with Crippen LogP contribution < -0.4 is 10.3 Å². The van der Waals surface area contributed by atoms with Crippen molar-refractivity contribution in [3.63, 3.8) is 0 Å². The summed E-state index contributed by atoms with van der Waals surface area (Å²) in [5.74, 6) is -0.355. The molecule has 3 aromatic rings. The minimum absolute atomic E-state index is 0.244. The fourth-order valence-electron chi connectivity index (χ4n) is 2.66. The largest absolute Gasteiger partial charge is 0.312 e. The fraction of sp³-hybridized carbons (Fsp3) is 0.111. The average molecular weight is 393 g/mol. The third kappa shape index (κ3) is 3.49. The number of rotatable bonds is 4. The second-order valence-corrected chi connectivity index (χ2v) is 6.93. The molecule has 1 N–H and O–H groups in total. The Morgan fingerprint density at radius 3 is 2.32 bits per heavy atom. The van der Waals surface area contributed by atoms with Crippen LogP contribution in [0, 0.1) is 0 Å². The molecule has 0 spiro atoms. The first-order valence-electron chi connectivity index (χ1n) is 8.39. The molecule has 140 valence electrons. The molecule has 28 heavy (non-hydrogen) atoms. The first-order valence-corrected chi connectivity index (χ1v) is 9.27. The topological polar surface area (TPSA) is 105 Å². The average Bonchev–Trinajstić information content (AvgIpc) is 3.29. The van der Waals surface area contributed by atoms with Gasteiger partial charge in [0.25, 0.3) is 5.91 Å². The lowest BCUT2D eigenvalue weighted by atomic mass is 10.3. The van der Waals surface area contributed by atoms with Crippen molar-refractivity contribution >= 4 is 35.1 Å². The minimum atomic E-state index is -0.780. The van der Waals surface area contributed by atoms with Crippen molar-refractivity contribution in [2.24, 2.45) is 5.10 Å². The van der Waals surface area contributed by atoms with E-state index in [0.29, 0.717) is 10.8 Å². The van der Waals surface area contributed by atoms with E-state index in [1.807, 2.05) is 48.5 Å². The molecule has 10 heteroatoms. The van der Waals surface area contributed by atoms with E-state index in [1.54, 1.807) is 12.1 Å². The standard InChI is InChI=1S/C18H15N7O2S/c1-12(26)19-16-15(17(27)24(21-16)13-8-4-2-5-9-13)28-18-20-22-23-25(18)14-10-6-3-7-11-14/h2-11,15H,1H3,(H,19,21,26)/t15-/m0/s1. The van der Waals surface area contributed by atoms with E-state index in [1.165, 1.54) is 16.6 Å². The molecule has 4 rings (SSSR count). The molecule has 9 nitrogen and oxygen atoms in total. The Morgan fingerprint density at radius 1 is 1.04 bits per heavy atom. The van der Waals surface area contributed by atoms with Crippen molar-refractivity contribution in [1.29, 1.82) is 0 Å². The molecule has 0 saturated heterocycles. The Hall–Kier alpha value is -3.53. The van der Waals surface area contributed by atoms with Gasteiger partial charge >= 0.3 is 0 Å². The van der Waals surface area contributed by atoms with E-state index < -0.39 is 5.25 Å². The molecule has 2 amide bonds. The van der Waals surface area contributed by atoms with Crippen LogP contribution in [-0.2, 0) is 9.59 Å². The second-order valence-electron chi connectivity index (χ2n) is 5.86. The van der Waals surface area contributed by atoms with Gasteiger partial charge in [0.1, 0.15) is 0 Å². The quantitative estimate of drug-likeness (QED) is 0.722. The smallest absolute Gasteiger partial charge is 0.268 e. The van der Waals surface area contributed by atoms with Gasteiger partial charge in [-0.2, -0.15) is 9.69 Å². The van der Waals surface area contributed by atoms with E-state index in [-0.39, 0.29) is 17.6 Å². The predicted molar refractivity (Wildman–Crippen MR) is 104 cm³/mol. The zero-order valence-corrected chi connectivity index (χ0v) is 15.6. The van der Waals surface area contributed by atoms with Crippen LogP contribution in [0.15, 0.2) is 70.9 Å². The van der Waals surface area contributed by atoms with Crippen LogP contribution in [0.5, 0.6) is 0 Å². The lowest BCUT2D eigenvalue weighted by Crippen LogP contribution is -2.38. The van der Waals surface area contributed by atoms with Gasteiger partial charge in [0.05, 0.1) is 11.4 Å². The molecule has 1 aromatic heterocycles. The molecule has 1 aliphatic rings. The molecule has 0 bridgehead atoms. The number of aromatic nitrogens is 4. The van der Waals surface area contributed by atoms with Crippen molar-refractivity contribution in [1.82, 2.24) is 25.5 Å². The van der Waals surface area contributed by atoms with Crippen molar-refractivity contribution in [3.8, 4) is 5.69 Å². The molecule has 0 fully saturated rings. The highest BCUT2D eigenvalue weighted by molar-refractivity contribution is 8.01. The second kappa shape index (κ2) is 7.61. The molecule has 0 saturated carbocycles. The highest BCUT2D eigenvalue weighted by Gasteiger charge is 2.39. The number of carbonyl (C=O) groups is 2. The van der Waals surface area contributed by atoms with Crippen LogP contribution in [-0.4, -0.2) is 43.1 Å². The van der Waals surface area contributed by atoms with Gasteiger partial charge in [-0.15, -0.1) is 10.2 Å².